The fourth-order valence-electron chi connectivity index (χ4n) is 4.65. The number of fused-ring (bicyclic) bond motifs is 2. The van der Waals surface area contributed by atoms with Crippen LogP contribution >= 0.6 is 0 Å². The molecule has 2 bridgehead atoms. The number of esters is 1. The fraction of sp³-hybridized carbons (Fsp3) is 0.632. The van der Waals surface area contributed by atoms with E-state index in [2.05, 4.69) is 0 Å². The number of hydrogen-bond donors (Lipinski definition) is 0. The van der Waals surface area contributed by atoms with Gasteiger partial charge in [0.1, 0.15) is 6.10 Å². The highest BCUT2D eigenvalue weighted by Crippen LogP contribution is 2.46. The first kappa shape index (κ1) is 17.0. The van der Waals surface area contributed by atoms with Gasteiger partial charge in [-0.2, -0.15) is 4.31 Å². The van der Waals surface area contributed by atoms with Gasteiger partial charge in [-0.3, -0.25) is 4.79 Å². The summed E-state index contributed by atoms with van der Waals surface area (Å²) in [6.45, 7) is 0.765. The van der Waals surface area contributed by atoms with Crippen molar-refractivity contribution in [2.75, 3.05) is 13.1 Å². The number of hydrogen-bond acceptors (Lipinski definition) is 4. The standard InChI is InChI=1S/C19H25NO4S/c21-19(24-18-13-14-6-7-16(18)12-14)15-8-10-20(11-9-15)25(22,23)17-4-2-1-3-5-17/h1-5,14-16,18H,6-13H2. The van der Waals surface area contributed by atoms with Crippen LogP contribution in [0.3, 0.4) is 0 Å². The summed E-state index contributed by atoms with van der Waals surface area (Å²) in [5, 5.41) is 0. The zero-order chi connectivity index (χ0) is 17.4. The van der Waals surface area contributed by atoms with Gasteiger partial charge in [0.25, 0.3) is 0 Å². The number of piperidine rings is 1. The lowest BCUT2D eigenvalue weighted by atomic mass is 9.96. The quantitative estimate of drug-likeness (QED) is 0.772. The molecule has 1 aromatic rings. The topological polar surface area (TPSA) is 63.7 Å². The van der Waals surface area contributed by atoms with Crippen molar-refractivity contribution in [2.45, 2.75) is 49.5 Å². The van der Waals surface area contributed by atoms with Crippen LogP contribution in [0.4, 0.5) is 0 Å². The Balaban J connectivity index is 1.33. The van der Waals surface area contributed by atoms with E-state index in [4.69, 9.17) is 4.74 Å². The van der Waals surface area contributed by atoms with Crippen molar-refractivity contribution < 1.29 is 17.9 Å². The van der Waals surface area contributed by atoms with Gasteiger partial charge in [-0.1, -0.05) is 18.2 Å². The molecule has 3 aliphatic rings. The van der Waals surface area contributed by atoms with E-state index < -0.39 is 10.0 Å². The van der Waals surface area contributed by atoms with Crippen LogP contribution in [0.2, 0.25) is 0 Å². The van der Waals surface area contributed by atoms with Crippen molar-refractivity contribution in [3.05, 3.63) is 30.3 Å². The van der Waals surface area contributed by atoms with Crippen molar-refractivity contribution in [2.24, 2.45) is 17.8 Å². The summed E-state index contributed by atoms with van der Waals surface area (Å²) in [6.07, 6.45) is 5.92. The maximum absolute atomic E-state index is 12.6. The second kappa shape index (κ2) is 6.72. The molecule has 1 saturated heterocycles. The Kier molecular flexibility index (Phi) is 4.58. The van der Waals surface area contributed by atoms with Crippen molar-refractivity contribution in [3.63, 3.8) is 0 Å². The zero-order valence-corrected chi connectivity index (χ0v) is 15.2. The second-order valence-electron chi connectivity index (χ2n) is 7.64. The van der Waals surface area contributed by atoms with E-state index >= 15 is 0 Å². The molecule has 6 heteroatoms. The molecule has 25 heavy (non-hydrogen) atoms. The molecule has 3 unspecified atom stereocenters. The van der Waals surface area contributed by atoms with Crippen LogP contribution in [-0.4, -0.2) is 37.9 Å². The Morgan fingerprint density at radius 2 is 1.72 bits per heavy atom. The van der Waals surface area contributed by atoms with Gasteiger partial charge in [0.05, 0.1) is 10.8 Å². The van der Waals surface area contributed by atoms with Gasteiger partial charge in [0.2, 0.25) is 10.0 Å². The van der Waals surface area contributed by atoms with E-state index in [1.165, 1.54) is 23.6 Å². The average Bonchev–Trinajstić information content (AvgIpc) is 3.25. The Hall–Kier alpha value is -1.40. The van der Waals surface area contributed by atoms with E-state index in [1.807, 2.05) is 0 Å². The molecule has 0 aromatic heterocycles. The van der Waals surface area contributed by atoms with Crippen LogP contribution in [-0.2, 0) is 19.6 Å². The Morgan fingerprint density at radius 1 is 1.00 bits per heavy atom. The number of carbonyl (C=O) groups is 1. The number of ether oxygens (including phenoxy) is 1. The number of carbonyl (C=O) groups excluding carboxylic acids is 1. The van der Waals surface area contributed by atoms with E-state index in [9.17, 15) is 13.2 Å². The SMILES string of the molecule is O=C(OC1CC2CCC1C2)C1CCN(S(=O)(=O)c2ccccc2)CC1. The Bertz CT molecular complexity index is 725. The first-order valence-corrected chi connectivity index (χ1v) is 10.7. The molecule has 3 fully saturated rings. The molecule has 0 spiro atoms. The monoisotopic (exact) mass is 363 g/mol. The molecule has 0 radical (unpaired) electrons. The lowest BCUT2D eigenvalue weighted by Gasteiger charge is -2.31. The highest BCUT2D eigenvalue weighted by atomic mass is 32.2. The first-order valence-electron chi connectivity index (χ1n) is 9.30. The fourth-order valence-corrected chi connectivity index (χ4v) is 6.14. The van der Waals surface area contributed by atoms with E-state index in [-0.39, 0.29) is 18.0 Å². The highest BCUT2D eigenvalue weighted by molar-refractivity contribution is 7.89. The third-order valence-corrected chi connectivity index (χ3v) is 8.02. The molecule has 2 aliphatic carbocycles. The smallest absolute Gasteiger partial charge is 0.309 e. The minimum Gasteiger partial charge on any atom is -0.462 e. The van der Waals surface area contributed by atoms with Crippen LogP contribution in [0.1, 0.15) is 38.5 Å². The predicted molar refractivity (Wildman–Crippen MR) is 93.3 cm³/mol. The van der Waals surface area contributed by atoms with Gasteiger partial charge in [0, 0.05) is 13.1 Å². The van der Waals surface area contributed by atoms with Gasteiger partial charge in [0.15, 0.2) is 0 Å². The van der Waals surface area contributed by atoms with Crippen LogP contribution < -0.4 is 0 Å². The summed E-state index contributed by atoms with van der Waals surface area (Å²) in [7, 11) is -3.46. The highest BCUT2D eigenvalue weighted by Gasteiger charge is 2.43. The van der Waals surface area contributed by atoms with Crippen molar-refractivity contribution in [1.82, 2.24) is 4.31 Å². The first-order chi connectivity index (χ1) is 12.0. The third-order valence-electron chi connectivity index (χ3n) is 6.11. The Labute approximate surface area is 149 Å². The lowest BCUT2D eigenvalue weighted by Crippen LogP contribution is -2.41. The normalized spacial score (nSPS) is 30.5. The molecule has 5 nitrogen and oxygen atoms in total. The predicted octanol–water partition coefficient (Wildman–Crippen LogP) is 2.82. The molecule has 1 heterocycles. The van der Waals surface area contributed by atoms with Crippen LogP contribution in [0.25, 0.3) is 0 Å². The van der Waals surface area contributed by atoms with Crippen LogP contribution in [0, 0.1) is 17.8 Å². The molecular formula is C19H25NO4S. The minimum atomic E-state index is -3.46. The minimum absolute atomic E-state index is 0.109. The van der Waals surface area contributed by atoms with Gasteiger partial charge in [-0.15, -0.1) is 0 Å². The molecule has 3 atom stereocenters. The Morgan fingerprint density at radius 3 is 2.32 bits per heavy atom. The number of rotatable bonds is 4. The second-order valence-corrected chi connectivity index (χ2v) is 9.58. The molecular weight excluding hydrogens is 338 g/mol. The molecule has 2 saturated carbocycles. The zero-order valence-electron chi connectivity index (χ0n) is 14.3. The third kappa shape index (κ3) is 3.34. The average molecular weight is 363 g/mol. The maximum Gasteiger partial charge on any atom is 0.309 e. The van der Waals surface area contributed by atoms with Crippen molar-refractivity contribution in [3.8, 4) is 0 Å². The molecule has 136 valence electrons. The van der Waals surface area contributed by atoms with Crippen molar-refractivity contribution >= 4 is 16.0 Å². The molecule has 0 amide bonds. The summed E-state index contributed by atoms with van der Waals surface area (Å²) in [5.41, 5.74) is 0. The summed E-state index contributed by atoms with van der Waals surface area (Å²) in [5.74, 6) is 1.03. The van der Waals surface area contributed by atoms with Gasteiger partial charge < -0.3 is 4.74 Å². The van der Waals surface area contributed by atoms with E-state index in [1.54, 1.807) is 30.3 Å². The van der Waals surface area contributed by atoms with E-state index in [0.29, 0.717) is 36.7 Å². The lowest BCUT2D eigenvalue weighted by molar-refractivity contribution is -0.157. The summed E-state index contributed by atoms with van der Waals surface area (Å²) in [4.78, 5) is 12.8. The number of sulfonamides is 1. The molecule has 0 N–H and O–H groups in total. The van der Waals surface area contributed by atoms with Crippen LogP contribution in [0.15, 0.2) is 35.2 Å². The number of nitrogens with zero attached hydrogens (tertiary/aromatic N) is 1. The maximum atomic E-state index is 12.6. The largest absolute Gasteiger partial charge is 0.462 e. The molecule has 4 rings (SSSR count). The van der Waals surface area contributed by atoms with E-state index in [0.717, 1.165) is 12.3 Å². The summed E-state index contributed by atoms with van der Waals surface area (Å²) in [6, 6.07) is 8.49. The molecule has 1 aliphatic heterocycles. The van der Waals surface area contributed by atoms with Gasteiger partial charge in [-0.25, -0.2) is 8.42 Å². The van der Waals surface area contributed by atoms with Gasteiger partial charge >= 0.3 is 5.97 Å². The van der Waals surface area contributed by atoms with Crippen molar-refractivity contribution in [1.29, 1.82) is 0 Å². The van der Waals surface area contributed by atoms with Crippen LogP contribution in [0.5, 0.6) is 0 Å². The summed E-state index contributed by atoms with van der Waals surface area (Å²) < 4.78 is 32.6. The number of benzene rings is 1. The summed E-state index contributed by atoms with van der Waals surface area (Å²) >= 11 is 0. The van der Waals surface area contributed by atoms with Gasteiger partial charge in [-0.05, 0) is 62.5 Å². The molecule has 1 aromatic carbocycles.